The minimum absolute atomic E-state index is 0.0652. The number of carbonyl (C=O) groups excluding carboxylic acids is 1. The number of hydrogen-bond acceptors (Lipinski definition) is 6. The van der Waals surface area contributed by atoms with Crippen LogP contribution in [0.2, 0.25) is 5.02 Å². The Kier molecular flexibility index (Phi) is 4.05. The Morgan fingerprint density at radius 3 is 2.96 bits per heavy atom. The van der Waals surface area contributed by atoms with Crippen LogP contribution in [0.3, 0.4) is 0 Å². The van der Waals surface area contributed by atoms with Gasteiger partial charge in [-0.3, -0.25) is 4.79 Å². The lowest BCUT2D eigenvalue weighted by molar-refractivity contribution is -0.119. The summed E-state index contributed by atoms with van der Waals surface area (Å²) in [6.45, 7) is 0. The van der Waals surface area contributed by atoms with Gasteiger partial charge in [0.25, 0.3) is 0 Å². The number of nitrogens with one attached hydrogen (secondary N) is 1. The zero-order chi connectivity index (χ0) is 17.6. The molecule has 1 aliphatic rings. The van der Waals surface area contributed by atoms with Crippen molar-refractivity contribution in [3.63, 3.8) is 0 Å². The molecule has 0 radical (unpaired) electrons. The summed E-state index contributed by atoms with van der Waals surface area (Å²) in [6, 6.07) is 7.18. The minimum atomic E-state index is -3.09. The lowest BCUT2D eigenvalue weighted by Gasteiger charge is -2.06. The number of halogens is 1. The third-order valence-electron chi connectivity index (χ3n) is 4.07. The number of carbonyl (C=O) groups is 1. The van der Waals surface area contributed by atoms with Gasteiger partial charge in [-0.2, -0.15) is 0 Å². The van der Waals surface area contributed by atoms with Gasteiger partial charge in [0.2, 0.25) is 5.91 Å². The second-order valence-corrected chi connectivity index (χ2v) is 9.44. The van der Waals surface area contributed by atoms with E-state index in [9.17, 15) is 13.2 Å². The summed E-state index contributed by atoms with van der Waals surface area (Å²) in [5, 5.41) is 6.39. The van der Waals surface area contributed by atoms with E-state index in [2.05, 4.69) is 10.3 Å². The van der Waals surface area contributed by atoms with Gasteiger partial charge < -0.3 is 9.73 Å². The molecule has 3 heterocycles. The van der Waals surface area contributed by atoms with Gasteiger partial charge in [0.1, 0.15) is 11.3 Å². The van der Waals surface area contributed by atoms with E-state index in [1.54, 1.807) is 23.6 Å². The number of hydrogen-bond donors (Lipinski definition) is 1. The van der Waals surface area contributed by atoms with Crippen molar-refractivity contribution in [1.82, 2.24) is 4.98 Å². The van der Waals surface area contributed by atoms with E-state index in [4.69, 9.17) is 16.0 Å². The van der Waals surface area contributed by atoms with Gasteiger partial charge in [0.15, 0.2) is 20.7 Å². The Morgan fingerprint density at radius 1 is 1.36 bits per heavy atom. The molecule has 0 bridgehead atoms. The van der Waals surface area contributed by atoms with Crippen molar-refractivity contribution in [3.05, 3.63) is 34.7 Å². The molecule has 2 aromatic heterocycles. The van der Waals surface area contributed by atoms with Crippen molar-refractivity contribution in [2.24, 2.45) is 5.92 Å². The normalized spacial score (nSPS) is 19.3. The van der Waals surface area contributed by atoms with Crippen molar-refractivity contribution in [2.75, 3.05) is 16.8 Å². The molecule has 6 nitrogen and oxygen atoms in total. The molecular weight excluding hydrogens is 384 g/mol. The van der Waals surface area contributed by atoms with Crippen LogP contribution in [0.25, 0.3) is 22.4 Å². The third-order valence-corrected chi connectivity index (χ3v) is 6.83. The molecule has 25 heavy (non-hydrogen) atoms. The quantitative estimate of drug-likeness (QED) is 0.730. The maximum absolute atomic E-state index is 12.2. The maximum atomic E-state index is 12.2. The number of aromatic nitrogens is 1. The van der Waals surface area contributed by atoms with Crippen LogP contribution in [0.4, 0.5) is 5.13 Å². The molecular formula is C16H13ClN2O4S2. The number of benzene rings is 1. The van der Waals surface area contributed by atoms with Crippen LogP contribution in [-0.2, 0) is 14.6 Å². The molecule has 9 heteroatoms. The summed E-state index contributed by atoms with van der Waals surface area (Å²) in [7, 11) is -3.09. The van der Waals surface area contributed by atoms with Crippen LogP contribution in [0, 0.1) is 5.92 Å². The number of nitrogens with zero attached hydrogens (tertiary/aromatic N) is 1. The molecule has 1 N–H and O–H groups in total. The molecule has 1 saturated heterocycles. The zero-order valence-corrected chi connectivity index (χ0v) is 15.2. The Hall–Kier alpha value is -1.90. The topological polar surface area (TPSA) is 89.3 Å². The zero-order valence-electron chi connectivity index (χ0n) is 12.9. The van der Waals surface area contributed by atoms with Gasteiger partial charge >= 0.3 is 0 Å². The molecule has 0 unspecified atom stereocenters. The lowest BCUT2D eigenvalue weighted by atomic mass is 10.1. The Morgan fingerprint density at radius 2 is 2.20 bits per heavy atom. The van der Waals surface area contributed by atoms with Crippen molar-refractivity contribution >= 4 is 54.8 Å². The Bertz CT molecular complexity index is 1070. The van der Waals surface area contributed by atoms with Gasteiger partial charge in [0, 0.05) is 15.8 Å². The largest absolute Gasteiger partial charge is 0.454 e. The average molecular weight is 397 g/mol. The highest BCUT2D eigenvalue weighted by Gasteiger charge is 2.33. The summed E-state index contributed by atoms with van der Waals surface area (Å²) in [6.07, 6.45) is 0.358. The summed E-state index contributed by atoms with van der Waals surface area (Å²) >= 11 is 7.24. The molecule has 0 spiro atoms. The highest BCUT2D eigenvalue weighted by Crippen LogP contribution is 2.32. The van der Waals surface area contributed by atoms with Crippen LogP contribution >= 0.6 is 22.9 Å². The van der Waals surface area contributed by atoms with Crippen LogP contribution in [-0.4, -0.2) is 30.8 Å². The first kappa shape index (κ1) is 16.6. The molecule has 0 saturated carbocycles. The molecule has 130 valence electrons. The predicted molar refractivity (Wildman–Crippen MR) is 97.7 cm³/mol. The number of amides is 1. The standard InChI is InChI=1S/C16H13ClN2O4S2/c17-11-1-2-13-10(5-11)6-14(23-13)12-7-24-16(18-12)19-15(20)9-3-4-25(21,22)8-9/h1-2,5-7,9H,3-4,8H2,(H,18,19,20)/t9-/m1/s1. The van der Waals surface area contributed by atoms with E-state index in [1.165, 1.54) is 11.3 Å². The van der Waals surface area contributed by atoms with Crippen molar-refractivity contribution in [1.29, 1.82) is 0 Å². The first-order valence-electron chi connectivity index (χ1n) is 7.56. The smallest absolute Gasteiger partial charge is 0.230 e. The summed E-state index contributed by atoms with van der Waals surface area (Å²) in [4.78, 5) is 16.5. The van der Waals surface area contributed by atoms with Crippen molar-refractivity contribution < 1.29 is 17.6 Å². The number of thiazole rings is 1. The van der Waals surface area contributed by atoms with E-state index in [0.29, 0.717) is 33.6 Å². The number of fused-ring (bicyclic) bond motifs is 1. The van der Waals surface area contributed by atoms with Gasteiger partial charge in [-0.15, -0.1) is 11.3 Å². The highest BCUT2D eigenvalue weighted by atomic mass is 35.5. The first-order chi connectivity index (χ1) is 11.9. The average Bonchev–Trinajstić information content (AvgIpc) is 3.24. The predicted octanol–water partition coefficient (Wildman–Crippen LogP) is 3.58. The Labute approximate surface area is 152 Å². The van der Waals surface area contributed by atoms with Gasteiger partial charge in [-0.1, -0.05) is 11.6 Å². The molecule has 0 aliphatic carbocycles. The van der Waals surface area contributed by atoms with E-state index in [1.807, 2.05) is 6.07 Å². The van der Waals surface area contributed by atoms with Gasteiger partial charge in [-0.25, -0.2) is 13.4 Å². The summed E-state index contributed by atoms with van der Waals surface area (Å²) in [5.41, 5.74) is 1.31. The van der Waals surface area contributed by atoms with Crippen molar-refractivity contribution in [2.45, 2.75) is 6.42 Å². The molecule has 1 aromatic carbocycles. The monoisotopic (exact) mass is 396 g/mol. The third kappa shape index (κ3) is 3.42. The first-order valence-corrected chi connectivity index (χ1v) is 10.6. The lowest BCUT2D eigenvalue weighted by Crippen LogP contribution is -2.23. The number of furan rings is 1. The highest BCUT2D eigenvalue weighted by molar-refractivity contribution is 7.91. The maximum Gasteiger partial charge on any atom is 0.230 e. The van der Waals surface area contributed by atoms with Crippen LogP contribution in [0.5, 0.6) is 0 Å². The fourth-order valence-corrected chi connectivity index (χ4v) is 5.42. The number of sulfone groups is 1. The van der Waals surface area contributed by atoms with E-state index < -0.39 is 15.8 Å². The molecule has 1 aliphatic heterocycles. The minimum Gasteiger partial charge on any atom is -0.454 e. The molecule has 1 amide bonds. The summed E-state index contributed by atoms with van der Waals surface area (Å²) in [5.74, 6) is -0.265. The molecule has 4 rings (SSSR count). The molecule has 1 fully saturated rings. The van der Waals surface area contributed by atoms with Crippen LogP contribution < -0.4 is 5.32 Å². The Balaban J connectivity index is 1.52. The second kappa shape index (κ2) is 6.12. The number of rotatable bonds is 3. The summed E-state index contributed by atoms with van der Waals surface area (Å²) < 4.78 is 28.7. The molecule has 3 aromatic rings. The second-order valence-electron chi connectivity index (χ2n) is 5.92. The van der Waals surface area contributed by atoms with E-state index >= 15 is 0 Å². The van der Waals surface area contributed by atoms with E-state index in [0.717, 1.165) is 5.39 Å². The van der Waals surface area contributed by atoms with Crippen molar-refractivity contribution in [3.8, 4) is 11.5 Å². The SMILES string of the molecule is O=C(Nc1nc(-c2cc3cc(Cl)ccc3o2)cs1)[C@@H]1CCS(=O)(=O)C1. The van der Waals surface area contributed by atoms with Crippen LogP contribution in [0.15, 0.2) is 34.1 Å². The number of anilines is 1. The fourth-order valence-electron chi connectivity index (χ4n) is 2.79. The molecule has 1 atom stereocenters. The van der Waals surface area contributed by atoms with Crippen LogP contribution in [0.1, 0.15) is 6.42 Å². The van der Waals surface area contributed by atoms with Gasteiger partial charge in [0.05, 0.1) is 17.4 Å². The van der Waals surface area contributed by atoms with Gasteiger partial charge in [-0.05, 0) is 30.7 Å². The van der Waals surface area contributed by atoms with E-state index in [-0.39, 0.29) is 17.4 Å². The fraction of sp³-hybridized carbons (Fsp3) is 0.250.